The van der Waals surface area contributed by atoms with Crippen LogP contribution in [0.3, 0.4) is 0 Å². The molecular formula is C15H18O3. The van der Waals surface area contributed by atoms with Crippen LogP contribution in [0.5, 0.6) is 0 Å². The maximum atomic E-state index is 12.5. The monoisotopic (exact) mass is 246 g/mol. The summed E-state index contributed by atoms with van der Waals surface area (Å²) < 4.78 is 5.61. The molecule has 18 heavy (non-hydrogen) atoms. The van der Waals surface area contributed by atoms with E-state index in [-0.39, 0.29) is 29.2 Å². The van der Waals surface area contributed by atoms with E-state index in [1.807, 2.05) is 13.0 Å². The molecule has 4 aliphatic rings. The highest BCUT2D eigenvalue weighted by atomic mass is 16.6. The van der Waals surface area contributed by atoms with Gasteiger partial charge in [0.2, 0.25) is 0 Å². The second kappa shape index (κ2) is 2.73. The molecular weight excluding hydrogens is 228 g/mol. The molecule has 3 nitrogen and oxygen atoms in total. The molecule has 1 aliphatic heterocycles. The Labute approximate surface area is 107 Å². The van der Waals surface area contributed by atoms with Crippen LogP contribution in [-0.4, -0.2) is 17.9 Å². The van der Waals surface area contributed by atoms with Gasteiger partial charge in [-0.15, -0.1) is 0 Å². The minimum absolute atomic E-state index is 0.0225. The van der Waals surface area contributed by atoms with Gasteiger partial charge >= 0.3 is 5.97 Å². The topological polar surface area (TPSA) is 43.4 Å². The first-order valence-electron chi connectivity index (χ1n) is 6.84. The molecule has 1 heterocycles. The third-order valence-corrected chi connectivity index (χ3v) is 6.11. The van der Waals surface area contributed by atoms with Crippen molar-refractivity contribution in [2.45, 2.75) is 39.7 Å². The number of esters is 1. The normalized spacial score (nSPS) is 51.2. The Hall–Kier alpha value is -1.12. The van der Waals surface area contributed by atoms with Gasteiger partial charge in [0.15, 0.2) is 5.78 Å². The molecule has 0 aromatic rings. The van der Waals surface area contributed by atoms with Gasteiger partial charge in [0.05, 0.1) is 5.41 Å². The van der Waals surface area contributed by atoms with Crippen molar-refractivity contribution in [1.82, 2.24) is 0 Å². The summed E-state index contributed by atoms with van der Waals surface area (Å²) >= 11 is 0. The molecule has 3 heteroatoms. The SMILES string of the molecule is CC1=CCC[C@]23C(=O)O[C@H]4[C@@H]2[C@H]([C@@H]3C1=O)C4(C)C. The maximum Gasteiger partial charge on any atom is 0.313 e. The zero-order chi connectivity index (χ0) is 12.9. The Kier molecular flexibility index (Phi) is 1.63. The lowest BCUT2D eigenvalue weighted by Gasteiger charge is -2.69. The minimum atomic E-state index is -0.462. The Balaban J connectivity index is 1.86. The van der Waals surface area contributed by atoms with Crippen LogP contribution < -0.4 is 0 Å². The average molecular weight is 246 g/mol. The molecule has 3 aliphatic carbocycles. The smallest absolute Gasteiger partial charge is 0.313 e. The largest absolute Gasteiger partial charge is 0.461 e. The highest BCUT2D eigenvalue weighted by Gasteiger charge is 2.85. The molecule has 1 saturated heterocycles. The number of allylic oxidation sites excluding steroid dienone is 2. The summed E-state index contributed by atoms with van der Waals surface area (Å²) in [6, 6.07) is 0. The van der Waals surface area contributed by atoms with Crippen LogP contribution in [0.2, 0.25) is 0 Å². The standard InChI is InChI=1S/C15H18O3/c1-7-5-4-6-15-9(11(7)16)8-10(15)12(14(8,2)3)18-13(15)17/h5,8-10,12H,4,6H2,1-3H3/t8-,9+,10-,12-,15+/m0/s1. The Morgan fingerprint density at radius 3 is 2.72 bits per heavy atom. The molecule has 4 rings (SSSR count). The minimum Gasteiger partial charge on any atom is -0.461 e. The van der Waals surface area contributed by atoms with Gasteiger partial charge in [-0.25, -0.2) is 0 Å². The van der Waals surface area contributed by atoms with Crippen molar-refractivity contribution in [3.8, 4) is 0 Å². The first-order chi connectivity index (χ1) is 8.42. The van der Waals surface area contributed by atoms with E-state index in [0.29, 0.717) is 11.8 Å². The predicted molar refractivity (Wildman–Crippen MR) is 64.6 cm³/mol. The number of ketones is 1. The van der Waals surface area contributed by atoms with E-state index in [1.165, 1.54) is 0 Å². The number of carbonyl (C=O) groups is 2. The number of fused-ring (bicyclic) bond motifs is 1. The molecule has 0 aromatic heterocycles. The summed E-state index contributed by atoms with van der Waals surface area (Å²) in [4.78, 5) is 24.9. The van der Waals surface area contributed by atoms with Crippen molar-refractivity contribution in [3.05, 3.63) is 11.6 Å². The van der Waals surface area contributed by atoms with Crippen molar-refractivity contribution >= 4 is 11.8 Å². The highest BCUT2D eigenvalue weighted by Crippen LogP contribution is 2.79. The number of hydrogen-bond donors (Lipinski definition) is 0. The Bertz CT molecular complexity index is 516. The Morgan fingerprint density at radius 2 is 2.00 bits per heavy atom. The number of rotatable bonds is 0. The van der Waals surface area contributed by atoms with Gasteiger partial charge in [-0.3, -0.25) is 9.59 Å². The zero-order valence-electron chi connectivity index (χ0n) is 11.0. The molecule has 96 valence electrons. The summed E-state index contributed by atoms with van der Waals surface area (Å²) in [7, 11) is 0. The van der Waals surface area contributed by atoms with Crippen molar-refractivity contribution < 1.29 is 14.3 Å². The van der Waals surface area contributed by atoms with Gasteiger partial charge in [-0.05, 0) is 31.3 Å². The quantitative estimate of drug-likeness (QED) is 0.615. The molecule has 0 radical (unpaired) electrons. The number of hydrogen-bond acceptors (Lipinski definition) is 3. The second-order valence-electron chi connectivity index (χ2n) is 7.01. The summed E-state index contributed by atoms with van der Waals surface area (Å²) in [6.45, 7) is 6.16. The van der Waals surface area contributed by atoms with Crippen molar-refractivity contribution in [2.24, 2.45) is 28.6 Å². The van der Waals surface area contributed by atoms with Crippen LogP contribution in [0.1, 0.15) is 33.6 Å². The number of carbonyl (C=O) groups excluding carboxylic acids is 2. The van der Waals surface area contributed by atoms with Crippen LogP contribution in [0.25, 0.3) is 0 Å². The number of Topliss-reactive ketones (excluding diaryl/α,β-unsaturated/α-hetero) is 1. The molecule has 0 bridgehead atoms. The lowest BCUT2D eigenvalue weighted by Crippen LogP contribution is -2.75. The van der Waals surface area contributed by atoms with Crippen LogP contribution in [0.4, 0.5) is 0 Å². The number of ether oxygens (including phenoxy) is 1. The highest BCUT2D eigenvalue weighted by molar-refractivity contribution is 6.03. The first kappa shape index (κ1) is 10.8. The van der Waals surface area contributed by atoms with Crippen LogP contribution in [0.15, 0.2) is 11.6 Å². The molecule has 0 aromatic carbocycles. The van der Waals surface area contributed by atoms with Crippen LogP contribution >= 0.6 is 0 Å². The van der Waals surface area contributed by atoms with Gasteiger partial charge in [0, 0.05) is 17.3 Å². The summed E-state index contributed by atoms with van der Waals surface area (Å²) in [5.41, 5.74) is 0.357. The van der Waals surface area contributed by atoms with Crippen molar-refractivity contribution in [1.29, 1.82) is 0 Å². The van der Waals surface area contributed by atoms with E-state index >= 15 is 0 Å². The van der Waals surface area contributed by atoms with Crippen molar-refractivity contribution in [2.75, 3.05) is 0 Å². The summed E-state index contributed by atoms with van der Waals surface area (Å²) in [5.74, 6) is 0.651. The third kappa shape index (κ3) is 0.799. The zero-order valence-corrected chi connectivity index (χ0v) is 11.0. The van der Waals surface area contributed by atoms with Gasteiger partial charge in [0.25, 0.3) is 0 Å². The van der Waals surface area contributed by atoms with E-state index in [1.54, 1.807) is 0 Å². The fraction of sp³-hybridized carbons (Fsp3) is 0.733. The van der Waals surface area contributed by atoms with E-state index in [2.05, 4.69) is 13.8 Å². The first-order valence-corrected chi connectivity index (χ1v) is 6.84. The maximum absolute atomic E-state index is 12.5. The Morgan fingerprint density at radius 1 is 1.28 bits per heavy atom. The second-order valence-corrected chi connectivity index (χ2v) is 7.01. The van der Waals surface area contributed by atoms with E-state index < -0.39 is 5.41 Å². The molecule has 0 N–H and O–H groups in total. The molecule has 1 spiro atoms. The fourth-order valence-corrected chi connectivity index (χ4v) is 5.23. The molecule has 0 amide bonds. The average Bonchev–Trinajstić information content (AvgIpc) is 2.37. The fourth-order valence-electron chi connectivity index (χ4n) is 5.23. The van der Waals surface area contributed by atoms with E-state index in [9.17, 15) is 9.59 Å². The lowest BCUT2D eigenvalue weighted by molar-refractivity contribution is -0.251. The van der Waals surface area contributed by atoms with Crippen molar-refractivity contribution in [3.63, 3.8) is 0 Å². The molecule has 0 unspecified atom stereocenters. The molecule has 5 atom stereocenters. The van der Waals surface area contributed by atoms with Gasteiger partial charge in [-0.2, -0.15) is 0 Å². The van der Waals surface area contributed by atoms with Gasteiger partial charge in [0.1, 0.15) is 6.10 Å². The lowest BCUT2D eigenvalue weighted by atomic mass is 9.30. The van der Waals surface area contributed by atoms with E-state index in [4.69, 9.17) is 4.74 Å². The van der Waals surface area contributed by atoms with Gasteiger partial charge < -0.3 is 4.74 Å². The molecule has 3 fully saturated rings. The van der Waals surface area contributed by atoms with Crippen LogP contribution in [-0.2, 0) is 14.3 Å². The van der Waals surface area contributed by atoms with E-state index in [0.717, 1.165) is 18.4 Å². The van der Waals surface area contributed by atoms with Crippen LogP contribution in [0, 0.1) is 28.6 Å². The van der Waals surface area contributed by atoms with Gasteiger partial charge in [-0.1, -0.05) is 19.9 Å². The molecule has 2 saturated carbocycles. The summed E-state index contributed by atoms with van der Waals surface area (Å²) in [5, 5.41) is 0. The third-order valence-electron chi connectivity index (χ3n) is 6.11. The summed E-state index contributed by atoms with van der Waals surface area (Å²) in [6.07, 6.45) is 3.69. The predicted octanol–water partition coefficient (Wildman–Crippen LogP) is 2.11.